The Bertz CT molecular complexity index is 507. The molecule has 6 atom stereocenters. The first-order valence-electron chi connectivity index (χ1n) is 9.25. The topological polar surface area (TPSA) is 0 Å². The van der Waals surface area contributed by atoms with Crippen molar-refractivity contribution >= 4 is 0 Å². The van der Waals surface area contributed by atoms with Crippen molar-refractivity contribution in [1.82, 2.24) is 0 Å². The molecule has 0 heterocycles. The van der Waals surface area contributed by atoms with E-state index in [1.807, 2.05) is 5.57 Å². The number of hydrogen-bond donors (Lipinski definition) is 0. The number of hydrogen-bond acceptors (Lipinski definition) is 0. The Labute approximate surface area is 130 Å². The van der Waals surface area contributed by atoms with Crippen LogP contribution in [-0.4, -0.2) is 0 Å². The van der Waals surface area contributed by atoms with E-state index in [-0.39, 0.29) is 0 Å². The lowest BCUT2D eigenvalue weighted by atomic mass is 9.47. The highest BCUT2D eigenvalue weighted by atomic mass is 14.6. The Balaban J connectivity index is 1.68. The van der Waals surface area contributed by atoms with Gasteiger partial charge in [0.05, 0.1) is 0 Å². The van der Waals surface area contributed by atoms with E-state index in [0.29, 0.717) is 16.7 Å². The van der Waals surface area contributed by atoms with E-state index in [1.54, 1.807) is 0 Å². The molecule has 21 heavy (non-hydrogen) atoms. The van der Waals surface area contributed by atoms with Crippen molar-refractivity contribution in [2.24, 2.45) is 34.5 Å². The molecule has 0 spiro atoms. The summed E-state index contributed by atoms with van der Waals surface area (Å²) in [5.41, 5.74) is 2.82. The van der Waals surface area contributed by atoms with E-state index in [9.17, 15) is 0 Å². The van der Waals surface area contributed by atoms with E-state index in [1.165, 1.54) is 57.8 Å². The maximum Gasteiger partial charge on any atom is 0.0256 e. The number of fused-ring (bicyclic) bond motifs is 5. The minimum atomic E-state index is 0.460. The summed E-state index contributed by atoms with van der Waals surface area (Å²) in [6, 6.07) is 0. The molecule has 0 aromatic heterocycles. The Morgan fingerprint density at radius 2 is 1.95 bits per heavy atom. The molecule has 3 saturated carbocycles. The van der Waals surface area contributed by atoms with Crippen molar-refractivity contribution in [3.8, 4) is 12.3 Å². The van der Waals surface area contributed by atoms with Gasteiger partial charge in [0.15, 0.2) is 0 Å². The van der Waals surface area contributed by atoms with Gasteiger partial charge < -0.3 is 0 Å². The molecule has 0 N–H and O–H groups in total. The predicted molar refractivity (Wildman–Crippen MR) is 88.6 cm³/mol. The molecule has 0 nitrogen and oxygen atoms in total. The third-order valence-electron chi connectivity index (χ3n) is 8.23. The van der Waals surface area contributed by atoms with E-state index >= 15 is 0 Å². The van der Waals surface area contributed by atoms with Gasteiger partial charge in [0.1, 0.15) is 0 Å². The third-order valence-corrected chi connectivity index (χ3v) is 8.23. The van der Waals surface area contributed by atoms with Crippen molar-refractivity contribution in [3.05, 3.63) is 11.6 Å². The van der Waals surface area contributed by atoms with Crippen LogP contribution >= 0.6 is 0 Å². The van der Waals surface area contributed by atoms with Crippen molar-refractivity contribution in [1.29, 1.82) is 0 Å². The fourth-order valence-electron chi connectivity index (χ4n) is 7.03. The standard InChI is InChI=1S/C21H30/c1-4-15-9-11-18-17-10-8-16-7-5-6-13-20(16,2)19(17)12-14-21(15,18)3/h1,7,15,17-19H,5-6,8-14H2,2-3H3/t15-,17+,18+,19+,20+,21-/m1/s1. The van der Waals surface area contributed by atoms with Crippen LogP contribution in [-0.2, 0) is 0 Å². The zero-order chi connectivity index (χ0) is 14.7. The Morgan fingerprint density at radius 1 is 1.10 bits per heavy atom. The highest BCUT2D eigenvalue weighted by Gasteiger charge is 2.58. The van der Waals surface area contributed by atoms with Gasteiger partial charge in [0.25, 0.3) is 0 Å². The maximum atomic E-state index is 5.87. The molecule has 4 aliphatic carbocycles. The summed E-state index contributed by atoms with van der Waals surface area (Å²) < 4.78 is 0. The first-order chi connectivity index (χ1) is 10.1. The lowest BCUT2D eigenvalue weighted by Gasteiger charge is -2.58. The van der Waals surface area contributed by atoms with Crippen molar-refractivity contribution < 1.29 is 0 Å². The average Bonchev–Trinajstić information content (AvgIpc) is 2.83. The Hall–Kier alpha value is -0.700. The van der Waals surface area contributed by atoms with Crippen LogP contribution in [0.15, 0.2) is 11.6 Å². The van der Waals surface area contributed by atoms with E-state index in [0.717, 1.165) is 17.8 Å². The highest BCUT2D eigenvalue weighted by Crippen LogP contribution is 2.66. The maximum absolute atomic E-state index is 5.87. The molecular weight excluding hydrogens is 252 g/mol. The summed E-state index contributed by atoms with van der Waals surface area (Å²) in [4.78, 5) is 0. The number of terminal acetylenes is 1. The van der Waals surface area contributed by atoms with Crippen LogP contribution < -0.4 is 0 Å². The Morgan fingerprint density at radius 3 is 2.76 bits per heavy atom. The zero-order valence-electron chi connectivity index (χ0n) is 13.8. The fourth-order valence-corrected chi connectivity index (χ4v) is 7.03. The third kappa shape index (κ3) is 1.76. The van der Waals surface area contributed by atoms with Crippen molar-refractivity contribution in [3.63, 3.8) is 0 Å². The average molecular weight is 282 g/mol. The second-order valence-electron chi connectivity index (χ2n) is 8.80. The van der Waals surface area contributed by atoms with Crippen LogP contribution in [0.5, 0.6) is 0 Å². The zero-order valence-corrected chi connectivity index (χ0v) is 13.8. The summed E-state index contributed by atoms with van der Waals surface area (Å²) in [7, 11) is 0. The van der Waals surface area contributed by atoms with Gasteiger partial charge in [-0.05, 0) is 86.4 Å². The molecule has 0 amide bonds. The molecule has 0 unspecified atom stereocenters. The van der Waals surface area contributed by atoms with Crippen LogP contribution in [0, 0.1) is 46.8 Å². The van der Waals surface area contributed by atoms with E-state index in [4.69, 9.17) is 6.42 Å². The van der Waals surface area contributed by atoms with Gasteiger partial charge in [0, 0.05) is 5.92 Å². The molecule has 4 aliphatic rings. The van der Waals surface area contributed by atoms with Crippen molar-refractivity contribution in [2.45, 2.75) is 71.6 Å². The first kappa shape index (κ1) is 13.9. The molecule has 114 valence electrons. The summed E-state index contributed by atoms with van der Waals surface area (Å²) in [5, 5.41) is 0. The molecule has 0 heteroatoms. The van der Waals surface area contributed by atoms with Gasteiger partial charge in [-0.3, -0.25) is 0 Å². The predicted octanol–water partition coefficient (Wildman–Crippen LogP) is 5.59. The highest BCUT2D eigenvalue weighted by molar-refractivity contribution is 5.24. The summed E-state index contributed by atoms with van der Waals surface area (Å²) in [6.07, 6.45) is 21.0. The summed E-state index contributed by atoms with van der Waals surface area (Å²) in [5.74, 6) is 6.53. The summed E-state index contributed by atoms with van der Waals surface area (Å²) >= 11 is 0. The normalized spacial score (nSPS) is 52.1. The van der Waals surface area contributed by atoms with Gasteiger partial charge in [-0.15, -0.1) is 12.3 Å². The molecule has 0 aromatic rings. The lowest BCUT2D eigenvalue weighted by molar-refractivity contribution is -0.0441. The quantitative estimate of drug-likeness (QED) is 0.401. The molecule has 0 aromatic carbocycles. The van der Waals surface area contributed by atoms with Gasteiger partial charge in [0.2, 0.25) is 0 Å². The van der Waals surface area contributed by atoms with Gasteiger partial charge in [-0.25, -0.2) is 0 Å². The molecule has 0 bridgehead atoms. The molecular formula is C21H30. The van der Waals surface area contributed by atoms with E-state index < -0.39 is 0 Å². The number of rotatable bonds is 0. The molecule has 4 rings (SSSR count). The smallest absolute Gasteiger partial charge is 0.0256 e. The Kier molecular flexibility index (Phi) is 3.08. The SMILES string of the molecule is C#C[C@@H]1CC[C@H]2[C@@H]3CCC4=CCCC[C@]4(C)[C@H]3CC[C@]12C. The molecule has 0 radical (unpaired) electrons. The lowest BCUT2D eigenvalue weighted by Crippen LogP contribution is -2.49. The van der Waals surface area contributed by atoms with Crippen molar-refractivity contribution in [2.75, 3.05) is 0 Å². The minimum Gasteiger partial charge on any atom is -0.120 e. The summed E-state index contributed by atoms with van der Waals surface area (Å²) in [6.45, 7) is 5.13. The van der Waals surface area contributed by atoms with Crippen LogP contribution in [0.1, 0.15) is 71.6 Å². The number of allylic oxidation sites excluding steroid dienone is 2. The molecule has 0 saturated heterocycles. The minimum absolute atomic E-state index is 0.460. The fraction of sp³-hybridized carbons (Fsp3) is 0.810. The van der Waals surface area contributed by atoms with Gasteiger partial charge in [-0.1, -0.05) is 25.5 Å². The van der Waals surface area contributed by atoms with Crippen LogP contribution in [0.2, 0.25) is 0 Å². The second-order valence-corrected chi connectivity index (χ2v) is 8.80. The van der Waals surface area contributed by atoms with Crippen LogP contribution in [0.25, 0.3) is 0 Å². The van der Waals surface area contributed by atoms with Crippen LogP contribution in [0.3, 0.4) is 0 Å². The molecule has 0 aliphatic heterocycles. The van der Waals surface area contributed by atoms with E-state index in [2.05, 4.69) is 25.8 Å². The second kappa shape index (κ2) is 4.65. The first-order valence-corrected chi connectivity index (χ1v) is 9.25. The monoisotopic (exact) mass is 282 g/mol. The van der Waals surface area contributed by atoms with Gasteiger partial charge in [-0.2, -0.15) is 0 Å². The largest absolute Gasteiger partial charge is 0.120 e. The molecule has 3 fully saturated rings. The van der Waals surface area contributed by atoms with Gasteiger partial charge >= 0.3 is 0 Å². The van der Waals surface area contributed by atoms with Crippen LogP contribution in [0.4, 0.5) is 0 Å².